The number of hydrogen-bond acceptors (Lipinski definition) is 3. The van der Waals surface area contributed by atoms with Gasteiger partial charge in [-0.05, 0) is 31.5 Å². The highest BCUT2D eigenvalue weighted by Crippen LogP contribution is 2.23. The summed E-state index contributed by atoms with van der Waals surface area (Å²) in [7, 11) is 3.99. The van der Waals surface area contributed by atoms with Crippen LogP contribution in [0.15, 0.2) is 36.9 Å². The zero-order valence-electron chi connectivity index (χ0n) is 13.0. The van der Waals surface area contributed by atoms with Crippen molar-refractivity contribution in [2.75, 3.05) is 24.3 Å². The summed E-state index contributed by atoms with van der Waals surface area (Å²) in [5, 5.41) is 2.96. The molecule has 0 saturated heterocycles. The van der Waals surface area contributed by atoms with Crippen LogP contribution in [0.1, 0.15) is 24.9 Å². The molecule has 0 spiro atoms. The summed E-state index contributed by atoms with van der Waals surface area (Å²) in [5.74, 6) is 0.00441. The van der Waals surface area contributed by atoms with Crippen molar-refractivity contribution < 1.29 is 4.79 Å². The maximum Gasteiger partial charge on any atom is 0.226 e. The molecule has 1 amide bonds. The lowest BCUT2D eigenvalue weighted by molar-refractivity contribution is -0.116. The second-order valence-corrected chi connectivity index (χ2v) is 5.51. The second kappa shape index (κ2) is 6.43. The van der Waals surface area contributed by atoms with E-state index in [0.717, 1.165) is 11.4 Å². The molecule has 1 aromatic carbocycles. The van der Waals surface area contributed by atoms with Gasteiger partial charge in [-0.3, -0.25) is 4.79 Å². The fourth-order valence-electron chi connectivity index (χ4n) is 2.28. The van der Waals surface area contributed by atoms with Gasteiger partial charge < -0.3 is 14.8 Å². The highest BCUT2D eigenvalue weighted by atomic mass is 16.1. The molecular formula is C16H22N4O. The van der Waals surface area contributed by atoms with Crippen molar-refractivity contribution in [1.29, 1.82) is 0 Å². The Kier molecular flexibility index (Phi) is 4.62. The number of imidazole rings is 1. The van der Waals surface area contributed by atoms with Gasteiger partial charge in [0, 0.05) is 50.3 Å². The molecule has 0 aliphatic carbocycles. The lowest BCUT2D eigenvalue weighted by Gasteiger charge is -2.18. The van der Waals surface area contributed by atoms with E-state index in [4.69, 9.17) is 0 Å². The molecule has 112 valence electrons. The number of hydrogen-bond donors (Lipinski definition) is 1. The Morgan fingerprint density at radius 2 is 2.19 bits per heavy atom. The summed E-state index contributed by atoms with van der Waals surface area (Å²) >= 11 is 0. The molecule has 1 heterocycles. The van der Waals surface area contributed by atoms with Gasteiger partial charge in [-0.1, -0.05) is 6.07 Å². The van der Waals surface area contributed by atoms with Crippen LogP contribution in [-0.4, -0.2) is 29.6 Å². The number of nitrogens with one attached hydrogen (secondary N) is 1. The Labute approximate surface area is 125 Å². The van der Waals surface area contributed by atoms with Gasteiger partial charge >= 0.3 is 0 Å². The third kappa shape index (κ3) is 3.84. The average Bonchev–Trinajstić information content (AvgIpc) is 2.94. The van der Waals surface area contributed by atoms with Gasteiger partial charge in [0.1, 0.15) is 0 Å². The van der Waals surface area contributed by atoms with Crippen LogP contribution in [-0.2, 0) is 4.79 Å². The van der Waals surface area contributed by atoms with Crippen LogP contribution >= 0.6 is 0 Å². The first-order valence-corrected chi connectivity index (χ1v) is 7.02. The first-order chi connectivity index (χ1) is 9.97. The number of aryl methyl sites for hydroxylation is 1. The van der Waals surface area contributed by atoms with Gasteiger partial charge in [0.05, 0.1) is 6.33 Å². The van der Waals surface area contributed by atoms with E-state index >= 15 is 0 Å². The molecule has 0 fully saturated rings. The van der Waals surface area contributed by atoms with Gasteiger partial charge in [-0.15, -0.1) is 0 Å². The van der Waals surface area contributed by atoms with E-state index in [-0.39, 0.29) is 11.9 Å². The number of amides is 1. The second-order valence-electron chi connectivity index (χ2n) is 5.51. The summed E-state index contributed by atoms with van der Waals surface area (Å²) < 4.78 is 1.93. The van der Waals surface area contributed by atoms with E-state index < -0.39 is 0 Å². The largest absolute Gasteiger partial charge is 0.377 e. The Balaban J connectivity index is 2.01. The molecule has 0 aliphatic heterocycles. The van der Waals surface area contributed by atoms with Crippen molar-refractivity contribution >= 4 is 17.3 Å². The van der Waals surface area contributed by atoms with Crippen LogP contribution < -0.4 is 10.2 Å². The first kappa shape index (κ1) is 15.1. The average molecular weight is 286 g/mol. The van der Waals surface area contributed by atoms with Gasteiger partial charge in [0.25, 0.3) is 0 Å². The van der Waals surface area contributed by atoms with Crippen molar-refractivity contribution in [1.82, 2.24) is 9.55 Å². The topological polar surface area (TPSA) is 50.2 Å². The summed E-state index contributed by atoms with van der Waals surface area (Å²) in [6.07, 6.45) is 5.74. The predicted molar refractivity (Wildman–Crippen MR) is 85.7 cm³/mol. The maximum absolute atomic E-state index is 12.1. The molecule has 0 saturated carbocycles. The Bertz CT molecular complexity index is 605. The van der Waals surface area contributed by atoms with Crippen molar-refractivity contribution in [2.45, 2.75) is 26.3 Å². The molecule has 0 bridgehead atoms. The zero-order chi connectivity index (χ0) is 15.4. The maximum atomic E-state index is 12.1. The lowest BCUT2D eigenvalue weighted by atomic mass is 10.1. The molecule has 21 heavy (non-hydrogen) atoms. The van der Waals surface area contributed by atoms with Crippen molar-refractivity contribution in [2.24, 2.45) is 0 Å². The van der Waals surface area contributed by atoms with Gasteiger partial charge in [0.15, 0.2) is 0 Å². The number of rotatable bonds is 5. The number of carbonyl (C=O) groups excluding carboxylic acids is 1. The Morgan fingerprint density at radius 1 is 1.43 bits per heavy atom. The lowest BCUT2D eigenvalue weighted by Crippen LogP contribution is -2.17. The monoisotopic (exact) mass is 286 g/mol. The quantitative estimate of drug-likeness (QED) is 0.919. The van der Waals surface area contributed by atoms with Crippen molar-refractivity contribution in [3.05, 3.63) is 42.5 Å². The molecular weight excluding hydrogens is 264 g/mol. The fraction of sp³-hybridized carbons (Fsp3) is 0.375. The minimum atomic E-state index is 0.00441. The summed E-state index contributed by atoms with van der Waals surface area (Å²) in [6, 6.07) is 6.04. The van der Waals surface area contributed by atoms with Gasteiger partial charge in [-0.2, -0.15) is 0 Å². The number of aromatic nitrogens is 2. The molecule has 5 heteroatoms. The molecule has 1 N–H and O–H groups in total. The predicted octanol–water partition coefficient (Wildman–Crippen LogP) is 2.85. The van der Waals surface area contributed by atoms with E-state index in [1.165, 1.54) is 5.56 Å². The Morgan fingerprint density at radius 3 is 2.81 bits per heavy atom. The first-order valence-electron chi connectivity index (χ1n) is 7.02. The van der Waals surface area contributed by atoms with Gasteiger partial charge in [-0.25, -0.2) is 4.98 Å². The molecule has 0 aliphatic rings. The number of anilines is 2. The summed E-state index contributed by atoms with van der Waals surface area (Å²) in [5.41, 5.74) is 3.12. The molecule has 5 nitrogen and oxygen atoms in total. The van der Waals surface area contributed by atoms with Crippen molar-refractivity contribution in [3.8, 4) is 0 Å². The normalized spacial score (nSPS) is 12.0. The minimum absolute atomic E-state index is 0.00441. The van der Waals surface area contributed by atoms with E-state index in [1.807, 2.05) is 54.9 Å². The molecule has 1 atom stereocenters. The third-order valence-electron chi connectivity index (χ3n) is 3.49. The molecule has 2 aromatic rings. The van der Waals surface area contributed by atoms with Crippen LogP contribution in [0.25, 0.3) is 0 Å². The van der Waals surface area contributed by atoms with Crippen LogP contribution in [0.3, 0.4) is 0 Å². The SMILES string of the molecule is Cc1ccc(NC(=O)CC(C)n2ccnc2)cc1N(C)C. The fourth-order valence-corrected chi connectivity index (χ4v) is 2.28. The van der Waals surface area contributed by atoms with Crippen LogP contribution in [0, 0.1) is 6.92 Å². The van der Waals surface area contributed by atoms with E-state index in [9.17, 15) is 4.79 Å². The van der Waals surface area contributed by atoms with Crippen LogP contribution in [0.2, 0.25) is 0 Å². The minimum Gasteiger partial charge on any atom is -0.377 e. The zero-order valence-corrected chi connectivity index (χ0v) is 13.0. The number of nitrogens with zero attached hydrogens (tertiary/aromatic N) is 3. The molecule has 1 aromatic heterocycles. The highest BCUT2D eigenvalue weighted by Gasteiger charge is 2.11. The molecule has 0 radical (unpaired) electrons. The summed E-state index contributed by atoms with van der Waals surface area (Å²) in [4.78, 5) is 18.2. The highest BCUT2D eigenvalue weighted by molar-refractivity contribution is 5.91. The summed E-state index contributed by atoms with van der Waals surface area (Å²) in [6.45, 7) is 4.06. The number of benzene rings is 1. The van der Waals surface area contributed by atoms with E-state index in [2.05, 4.69) is 17.2 Å². The molecule has 2 rings (SSSR count). The standard InChI is InChI=1S/C16H22N4O/c1-12-5-6-14(10-15(12)19(3)4)18-16(21)9-13(2)20-8-7-17-11-20/h5-8,10-11,13H,9H2,1-4H3,(H,18,21). The Hall–Kier alpha value is -2.30. The van der Waals surface area contributed by atoms with Crippen molar-refractivity contribution in [3.63, 3.8) is 0 Å². The third-order valence-corrected chi connectivity index (χ3v) is 3.49. The number of carbonyl (C=O) groups is 1. The van der Waals surface area contributed by atoms with E-state index in [0.29, 0.717) is 6.42 Å². The van der Waals surface area contributed by atoms with Crippen LogP contribution in [0.5, 0.6) is 0 Å². The smallest absolute Gasteiger partial charge is 0.226 e. The molecule has 1 unspecified atom stereocenters. The van der Waals surface area contributed by atoms with E-state index in [1.54, 1.807) is 12.5 Å². The van der Waals surface area contributed by atoms with Crippen LogP contribution in [0.4, 0.5) is 11.4 Å². The van der Waals surface area contributed by atoms with Gasteiger partial charge in [0.2, 0.25) is 5.91 Å².